The van der Waals surface area contributed by atoms with Gasteiger partial charge in [0.1, 0.15) is 0 Å². The summed E-state index contributed by atoms with van der Waals surface area (Å²) in [6, 6.07) is 4.69. The summed E-state index contributed by atoms with van der Waals surface area (Å²) < 4.78 is 0. The van der Waals surface area contributed by atoms with E-state index < -0.39 is 4.92 Å². The minimum atomic E-state index is -0.500. The van der Waals surface area contributed by atoms with E-state index in [0.717, 1.165) is 25.9 Å². The van der Waals surface area contributed by atoms with E-state index in [-0.39, 0.29) is 35.4 Å². The van der Waals surface area contributed by atoms with Crippen molar-refractivity contribution in [3.8, 4) is 0 Å². The number of nitrogens with zero attached hydrogens (tertiary/aromatic N) is 2. The fourth-order valence-electron chi connectivity index (χ4n) is 2.49. The van der Waals surface area contributed by atoms with Crippen molar-refractivity contribution in [3.05, 3.63) is 38.9 Å². The highest BCUT2D eigenvalue weighted by Crippen LogP contribution is 2.23. The number of piperidine rings is 1. The maximum absolute atomic E-state index is 12.2. The zero-order valence-electron chi connectivity index (χ0n) is 12.3. The van der Waals surface area contributed by atoms with Gasteiger partial charge >= 0.3 is 0 Å². The molecule has 22 heavy (non-hydrogen) atoms. The summed E-state index contributed by atoms with van der Waals surface area (Å²) in [5, 5.41) is 14.1. The standard InChI is InChI=1S/C14H18ClN3O3.ClH/c1-16-11-4-6-17(7-5-11)14(19)8-10-2-3-12(18(20)21)9-13(10)15;/h2-3,9,11,16H,4-8H2,1H3;1H. The van der Waals surface area contributed by atoms with Crippen LogP contribution in [0.2, 0.25) is 5.02 Å². The molecule has 0 aliphatic carbocycles. The number of nitro groups is 1. The zero-order valence-corrected chi connectivity index (χ0v) is 13.8. The minimum absolute atomic E-state index is 0. The molecule has 1 amide bonds. The Morgan fingerprint density at radius 1 is 1.45 bits per heavy atom. The Morgan fingerprint density at radius 2 is 2.09 bits per heavy atom. The molecular weight excluding hydrogens is 329 g/mol. The molecule has 1 heterocycles. The van der Waals surface area contributed by atoms with Crippen molar-refractivity contribution in [3.63, 3.8) is 0 Å². The first kappa shape index (κ1) is 18.7. The predicted octanol–water partition coefficient (Wildman–Crippen LogP) is 2.42. The first-order valence-corrected chi connectivity index (χ1v) is 7.27. The first-order chi connectivity index (χ1) is 10.0. The van der Waals surface area contributed by atoms with Crippen molar-refractivity contribution < 1.29 is 9.72 Å². The highest BCUT2D eigenvalue weighted by atomic mass is 35.5. The number of amides is 1. The lowest BCUT2D eigenvalue weighted by molar-refractivity contribution is -0.384. The van der Waals surface area contributed by atoms with Gasteiger partial charge < -0.3 is 10.2 Å². The number of nitro benzene ring substituents is 1. The van der Waals surface area contributed by atoms with Crippen LogP contribution >= 0.6 is 24.0 Å². The predicted molar refractivity (Wildman–Crippen MR) is 87.7 cm³/mol. The molecule has 1 aromatic carbocycles. The first-order valence-electron chi connectivity index (χ1n) is 6.89. The Labute approximate surface area is 140 Å². The maximum atomic E-state index is 12.2. The number of hydrogen-bond donors (Lipinski definition) is 1. The van der Waals surface area contributed by atoms with Gasteiger partial charge in [-0.05, 0) is 25.5 Å². The Hall–Kier alpha value is -1.37. The third-order valence-corrected chi connectivity index (χ3v) is 4.20. The van der Waals surface area contributed by atoms with Gasteiger partial charge in [-0.25, -0.2) is 0 Å². The van der Waals surface area contributed by atoms with Crippen LogP contribution in [0, 0.1) is 10.1 Å². The fraction of sp³-hybridized carbons (Fsp3) is 0.500. The van der Waals surface area contributed by atoms with Crippen molar-refractivity contribution in [1.29, 1.82) is 0 Å². The molecule has 1 aromatic rings. The molecule has 1 saturated heterocycles. The number of halogens is 2. The largest absolute Gasteiger partial charge is 0.342 e. The lowest BCUT2D eigenvalue weighted by Gasteiger charge is -2.32. The summed E-state index contributed by atoms with van der Waals surface area (Å²) >= 11 is 6.02. The Balaban J connectivity index is 0.00000242. The molecule has 0 spiro atoms. The Kier molecular flexibility index (Phi) is 7.06. The molecule has 0 bridgehead atoms. The number of rotatable bonds is 4. The van der Waals surface area contributed by atoms with Crippen molar-refractivity contribution in [2.24, 2.45) is 0 Å². The number of benzene rings is 1. The van der Waals surface area contributed by atoms with E-state index in [4.69, 9.17) is 11.6 Å². The molecule has 8 heteroatoms. The summed E-state index contributed by atoms with van der Waals surface area (Å²) in [7, 11) is 1.93. The molecule has 6 nitrogen and oxygen atoms in total. The molecule has 2 rings (SSSR count). The highest BCUT2D eigenvalue weighted by molar-refractivity contribution is 6.31. The molecule has 122 valence electrons. The van der Waals surface area contributed by atoms with Crippen LogP contribution in [0.15, 0.2) is 18.2 Å². The van der Waals surface area contributed by atoms with Crippen LogP contribution in [0.4, 0.5) is 5.69 Å². The molecule has 1 fully saturated rings. The molecule has 0 atom stereocenters. The van der Waals surface area contributed by atoms with E-state index in [9.17, 15) is 14.9 Å². The number of non-ortho nitro benzene ring substituents is 1. The van der Waals surface area contributed by atoms with Crippen LogP contribution in [0.3, 0.4) is 0 Å². The van der Waals surface area contributed by atoms with E-state index >= 15 is 0 Å². The average molecular weight is 348 g/mol. The van der Waals surface area contributed by atoms with Gasteiger partial charge in [0.05, 0.1) is 16.4 Å². The van der Waals surface area contributed by atoms with Crippen molar-refractivity contribution in [2.45, 2.75) is 25.3 Å². The fourth-order valence-corrected chi connectivity index (χ4v) is 2.73. The molecule has 1 aliphatic heterocycles. The second-order valence-corrected chi connectivity index (χ2v) is 5.56. The van der Waals surface area contributed by atoms with Crippen molar-refractivity contribution in [2.75, 3.05) is 20.1 Å². The van der Waals surface area contributed by atoms with Gasteiger partial charge in [0.15, 0.2) is 0 Å². The van der Waals surface area contributed by atoms with Gasteiger partial charge in [-0.3, -0.25) is 14.9 Å². The normalized spacial score (nSPS) is 15.3. The number of carbonyl (C=O) groups excluding carboxylic acids is 1. The Bertz CT molecular complexity index is 546. The van der Waals surface area contributed by atoms with Crippen LogP contribution in [0.5, 0.6) is 0 Å². The monoisotopic (exact) mass is 347 g/mol. The second kappa shape index (κ2) is 8.31. The lowest BCUT2D eigenvalue weighted by Crippen LogP contribution is -2.44. The third-order valence-electron chi connectivity index (χ3n) is 3.85. The maximum Gasteiger partial charge on any atom is 0.270 e. The van der Waals surface area contributed by atoms with Crippen LogP contribution in [-0.4, -0.2) is 41.9 Å². The molecule has 1 N–H and O–H groups in total. The summed E-state index contributed by atoms with van der Waals surface area (Å²) in [6.07, 6.45) is 2.06. The van der Waals surface area contributed by atoms with Crippen LogP contribution in [-0.2, 0) is 11.2 Å². The average Bonchev–Trinajstić information content (AvgIpc) is 2.49. The summed E-state index contributed by atoms with van der Waals surface area (Å²) in [5.74, 6) is 0.0142. The minimum Gasteiger partial charge on any atom is -0.342 e. The molecule has 1 aliphatic rings. The molecule has 0 saturated carbocycles. The third kappa shape index (κ3) is 4.56. The van der Waals surface area contributed by atoms with Crippen LogP contribution in [0.25, 0.3) is 0 Å². The smallest absolute Gasteiger partial charge is 0.270 e. The Morgan fingerprint density at radius 3 is 2.59 bits per heavy atom. The van der Waals surface area contributed by atoms with Crippen molar-refractivity contribution >= 4 is 35.6 Å². The van der Waals surface area contributed by atoms with Crippen molar-refractivity contribution in [1.82, 2.24) is 10.2 Å². The van der Waals surface area contributed by atoms with Gasteiger partial charge in [-0.1, -0.05) is 17.7 Å². The summed E-state index contributed by atoms with van der Waals surface area (Å²) in [4.78, 5) is 24.2. The van der Waals surface area contributed by atoms with Gasteiger partial charge in [-0.2, -0.15) is 0 Å². The van der Waals surface area contributed by atoms with Crippen LogP contribution in [0.1, 0.15) is 18.4 Å². The molecule has 0 unspecified atom stereocenters. The zero-order chi connectivity index (χ0) is 15.4. The summed E-state index contributed by atoms with van der Waals surface area (Å²) in [6.45, 7) is 1.46. The van der Waals surface area contributed by atoms with E-state index in [1.165, 1.54) is 12.1 Å². The van der Waals surface area contributed by atoms with Gasteiger partial charge in [0.25, 0.3) is 5.69 Å². The number of hydrogen-bond acceptors (Lipinski definition) is 4. The van der Waals surface area contributed by atoms with Gasteiger partial charge in [0.2, 0.25) is 5.91 Å². The molecule has 0 radical (unpaired) electrons. The van der Waals surface area contributed by atoms with Gasteiger partial charge in [0, 0.05) is 31.3 Å². The summed E-state index contributed by atoms with van der Waals surface area (Å²) in [5.41, 5.74) is 0.564. The molecule has 0 aromatic heterocycles. The number of nitrogens with one attached hydrogen (secondary N) is 1. The topological polar surface area (TPSA) is 75.5 Å². The van der Waals surface area contributed by atoms with Gasteiger partial charge in [-0.15, -0.1) is 12.4 Å². The lowest BCUT2D eigenvalue weighted by atomic mass is 10.0. The highest BCUT2D eigenvalue weighted by Gasteiger charge is 2.22. The van der Waals surface area contributed by atoms with E-state index in [1.54, 1.807) is 6.07 Å². The van der Waals surface area contributed by atoms with Crippen LogP contribution < -0.4 is 5.32 Å². The van der Waals surface area contributed by atoms with E-state index in [1.807, 2.05) is 11.9 Å². The number of carbonyl (C=O) groups is 1. The quantitative estimate of drug-likeness (QED) is 0.670. The second-order valence-electron chi connectivity index (χ2n) is 5.15. The number of likely N-dealkylation sites (tertiary alicyclic amines) is 1. The van der Waals surface area contributed by atoms with E-state index in [2.05, 4.69) is 5.32 Å². The molecular formula is C14H19Cl2N3O3. The van der Waals surface area contributed by atoms with E-state index in [0.29, 0.717) is 11.6 Å². The SMILES string of the molecule is CNC1CCN(C(=O)Cc2ccc([N+](=O)[O-])cc2Cl)CC1.Cl.